The Hall–Kier alpha value is -2.09. The molecule has 0 saturated heterocycles. The van der Waals surface area contributed by atoms with E-state index in [1.165, 1.54) is 12.3 Å². The highest BCUT2D eigenvalue weighted by Crippen LogP contribution is 2.27. The minimum atomic E-state index is -0.269. The van der Waals surface area contributed by atoms with Crippen LogP contribution in [0.25, 0.3) is 0 Å². The van der Waals surface area contributed by atoms with Crippen LogP contribution >= 0.6 is 0 Å². The van der Waals surface area contributed by atoms with Gasteiger partial charge in [0, 0.05) is 30.5 Å². The predicted molar refractivity (Wildman–Crippen MR) is 66.1 cm³/mol. The number of nitriles is 1. The van der Waals surface area contributed by atoms with Gasteiger partial charge in [0.2, 0.25) is 0 Å². The van der Waals surface area contributed by atoms with Gasteiger partial charge in [-0.3, -0.25) is 9.59 Å². The molecule has 0 radical (unpaired) electrons. The summed E-state index contributed by atoms with van der Waals surface area (Å²) in [6, 6.07) is 3.65. The van der Waals surface area contributed by atoms with Gasteiger partial charge in [-0.1, -0.05) is 0 Å². The monoisotopic (exact) mass is 245 g/mol. The molecule has 1 heterocycles. The highest BCUT2D eigenvalue weighted by molar-refractivity contribution is 5.94. The first kappa shape index (κ1) is 12.4. The zero-order valence-electron chi connectivity index (χ0n) is 10.3. The van der Waals surface area contributed by atoms with Crippen LogP contribution in [0.1, 0.15) is 35.3 Å². The molecule has 1 aliphatic rings. The first-order valence-corrected chi connectivity index (χ1v) is 6.00. The molecule has 5 heteroatoms. The van der Waals surface area contributed by atoms with Gasteiger partial charge in [-0.05, 0) is 19.8 Å². The lowest BCUT2D eigenvalue weighted by atomic mass is 10.2. The Labute approximate surface area is 105 Å². The van der Waals surface area contributed by atoms with Gasteiger partial charge in [-0.2, -0.15) is 5.26 Å². The molecule has 1 N–H and O–H groups in total. The predicted octanol–water partition coefficient (Wildman–Crippen LogP) is 1.20. The van der Waals surface area contributed by atoms with Gasteiger partial charge in [-0.15, -0.1) is 0 Å². The largest absolute Gasteiger partial charge is 0.364 e. The van der Waals surface area contributed by atoms with Crippen molar-refractivity contribution in [1.29, 1.82) is 5.26 Å². The van der Waals surface area contributed by atoms with Crippen LogP contribution < -0.4 is 5.43 Å². The van der Waals surface area contributed by atoms with Gasteiger partial charge in [0.1, 0.15) is 5.56 Å². The molecule has 0 spiro atoms. The van der Waals surface area contributed by atoms with Crippen LogP contribution in [0.5, 0.6) is 0 Å². The topological polar surface area (TPSA) is 77.0 Å². The van der Waals surface area contributed by atoms with Crippen molar-refractivity contribution in [3.05, 3.63) is 33.7 Å². The molecule has 1 aromatic rings. The van der Waals surface area contributed by atoms with Crippen molar-refractivity contribution in [2.24, 2.45) is 0 Å². The van der Waals surface area contributed by atoms with Crippen molar-refractivity contribution in [1.82, 2.24) is 9.88 Å². The molecule has 94 valence electrons. The summed E-state index contributed by atoms with van der Waals surface area (Å²) in [4.78, 5) is 28.6. The molecule has 0 bridgehead atoms. The minimum Gasteiger partial charge on any atom is -0.364 e. The highest BCUT2D eigenvalue weighted by atomic mass is 16.2. The van der Waals surface area contributed by atoms with Crippen LogP contribution in [0.2, 0.25) is 0 Å². The van der Waals surface area contributed by atoms with Gasteiger partial charge in [0.25, 0.3) is 5.91 Å². The van der Waals surface area contributed by atoms with Crippen LogP contribution in [0, 0.1) is 18.3 Å². The molecule has 0 unspecified atom stereocenters. The number of carbonyl (C=O) groups is 1. The van der Waals surface area contributed by atoms with E-state index in [0.29, 0.717) is 13.0 Å². The van der Waals surface area contributed by atoms with Crippen molar-refractivity contribution in [2.45, 2.75) is 32.2 Å². The Morgan fingerprint density at radius 1 is 1.61 bits per heavy atom. The molecule has 0 aromatic carbocycles. The summed E-state index contributed by atoms with van der Waals surface area (Å²) in [6.07, 6.45) is 3.68. The SMILES string of the molecule is Cc1cc(=O)c(C(=O)N(CCC#N)C2CC2)c[nH]1. The van der Waals surface area contributed by atoms with Gasteiger partial charge < -0.3 is 9.88 Å². The number of aromatic nitrogens is 1. The lowest BCUT2D eigenvalue weighted by Gasteiger charge is -2.20. The van der Waals surface area contributed by atoms with Gasteiger partial charge >= 0.3 is 0 Å². The lowest BCUT2D eigenvalue weighted by molar-refractivity contribution is 0.0745. The molecule has 1 aromatic heterocycles. The van der Waals surface area contributed by atoms with E-state index in [4.69, 9.17) is 5.26 Å². The molecule has 1 fully saturated rings. The standard InChI is InChI=1S/C13H15N3O2/c1-9-7-12(17)11(8-15-9)13(18)16(6-2-5-14)10-3-4-10/h7-8,10H,2-4,6H2,1H3,(H,15,17). The third-order valence-electron chi connectivity index (χ3n) is 3.00. The highest BCUT2D eigenvalue weighted by Gasteiger charge is 2.33. The molecule has 18 heavy (non-hydrogen) atoms. The summed E-state index contributed by atoms with van der Waals surface area (Å²) in [7, 11) is 0. The molecular weight excluding hydrogens is 230 g/mol. The molecule has 1 saturated carbocycles. The van der Waals surface area contributed by atoms with E-state index in [9.17, 15) is 9.59 Å². The molecule has 5 nitrogen and oxygen atoms in total. The second kappa shape index (κ2) is 5.05. The zero-order valence-corrected chi connectivity index (χ0v) is 10.3. The zero-order chi connectivity index (χ0) is 13.1. The van der Waals surface area contributed by atoms with E-state index < -0.39 is 0 Å². The van der Waals surface area contributed by atoms with Crippen molar-refractivity contribution >= 4 is 5.91 Å². The Morgan fingerprint density at radius 2 is 2.33 bits per heavy atom. The summed E-state index contributed by atoms with van der Waals surface area (Å²) >= 11 is 0. The number of hydrogen-bond donors (Lipinski definition) is 1. The lowest BCUT2D eigenvalue weighted by Crippen LogP contribution is -2.36. The molecule has 0 aliphatic heterocycles. The van der Waals surface area contributed by atoms with Crippen LogP contribution in [-0.4, -0.2) is 28.4 Å². The number of H-pyrrole nitrogens is 1. The number of nitrogens with zero attached hydrogens (tertiary/aromatic N) is 2. The molecule has 0 atom stereocenters. The van der Waals surface area contributed by atoms with Gasteiger partial charge in [-0.25, -0.2) is 0 Å². The summed E-state index contributed by atoms with van der Waals surface area (Å²) in [5, 5.41) is 8.60. The second-order valence-corrected chi connectivity index (χ2v) is 4.53. The van der Waals surface area contributed by atoms with Crippen molar-refractivity contribution in [3.63, 3.8) is 0 Å². The summed E-state index contributed by atoms with van der Waals surface area (Å²) in [5.74, 6) is -0.269. The van der Waals surface area contributed by atoms with Gasteiger partial charge in [0.05, 0.1) is 12.5 Å². The number of hydrogen-bond acceptors (Lipinski definition) is 3. The Balaban J connectivity index is 2.22. The van der Waals surface area contributed by atoms with E-state index in [2.05, 4.69) is 4.98 Å². The number of aromatic amines is 1. The Bertz CT molecular complexity index is 552. The second-order valence-electron chi connectivity index (χ2n) is 4.53. The van der Waals surface area contributed by atoms with Crippen LogP contribution in [0.15, 0.2) is 17.1 Å². The molecule has 1 amide bonds. The number of carbonyl (C=O) groups excluding carboxylic acids is 1. The molecular formula is C13H15N3O2. The maximum absolute atomic E-state index is 12.3. The average Bonchev–Trinajstić information content (AvgIpc) is 3.13. The first-order valence-electron chi connectivity index (χ1n) is 6.00. The van der Waals surface area contributed by atoms with Crippen LogP contribution in [-0.2, 0) is 0 Å². The Kier molecular flexibility index (Phi) is 3.47. The Morgan fingerprint density at radius 3 is 2.89 bits per heavy atom. The van der Waals surface area contributed by atoms with Gasteiger partial charge in [0.15, 0.2) is 5.43 Å². The maximum atomic E-state index is 12.3. The van der Waals surface area contributed by atoms with E-state index in [-0.39, 0.29) is 22.9 Å². The molecule has 2 rings (SSSR count). The fourth-order valence-corrected chi connectivity index (χ4v) is 1.90. The third kappa shape index (κ3) is 2.59. The third-order valence-corrected chi connectivity index (χ3v) is 3.00. The average molecular weight is 245 g/mol. The fourth-order valence-electron chi connectivity index (χ4n) is 1.90. The number of aryl methyl sites for hydroxylation is 1. The first-order chi connectivity index (χ1) is 8.63. The fraction of sp³-hybridized carbons (Fsp3) is 0.462. The summed E-state index contributed by atoms with van der Waals surface area (Å²) in [6.45, 7) is 2.16. The number of nitrogens with one attached hydrogen (secondary N) is 1. The quantitative estimate of drug-likeness (QED) is 0.865. The smallest absolute Gasteiger partial charge is 0.259 e. The van der Waals surface area contributed by atoms with Crippen molar-refractivity contribution in [3.8, 4) is 6.07 Å². The summed E-state index contributed by atoms with van der Waals surface area (Å²) < 4.78 is 0. The van der Waals surface area contributed by atoms with Crippen LogP contribution in [0.4, 0.5) is 0 Å². The number of pyridine rings is 1. The van der Waals surface area contributed by atoms with E-state index >= 15 is 0 Å². The van der Waals surface area contributed by atoms with E-state index in [1.807, 2.05) is 6.07 Å². The maximum Gasteiger partial charge on any atom is 0.259 e. The van der Waals surface area contributed by atoms with Crippen LogP contribution in [0.3, 0.4) is 0 Å². The van der Waals surface area contributed by atoms with Crippen molar-refractivity contribution < 1.29 is 4.79 Å². The van der Waals surface area contributed by atoms with E-state index in [0.717, 1.165) is 18.5 Å². The normalized spacial score (nSPS) is 14.0. The van der Waals surface area contributed by atoms with E-state index in [1.54, 1.807) is 11.8 Å². The molecule has 1 aliphatic carbocycles. The summed E-state index contributed by atoms with van der Waals surface area (Å²) in [5.41, 5.74) is 0.621. The number of amides is 1. The minimum absolute atomic E-state index is 0.158. The number of rotatable bonds is 4. The van der Waals surface area contributed by atoms with Crippen molar-refractivity contribution in [2.75, 3.05) is 6.54 Å².